The predicted octanol–water partition coefficient (Wildman–Crippen LogP) is 2.65. The van der Waals surface area contributed by atoms with Crippen LogP contribution in [0.25, 0.3) is 0 Å². The van der Waals surface area contributed by atoms with Crippen LogP contribution in [-0.4, -0.2) is 56.8 Å². The number of amides is 2. The number of sulfonamides is 1. The van der Waals surface area contributed by atoms with Gasteiger partial charge in [-0.3, -0.25) is 13.9 Å². The highest BCUT2D eigenvalue weighted by Gasteiger charge is 2.32. The molecule has 190 valence electrons. The van der Waals surface area contributed by atoms with Crippen LogP contribution in [0.4, 0.5) is 10.1 Å². The number of ether oxygens (including phenoxy) is 2. The second kappa shape index (κ2) is 11.4. The molecule has 0 saturated heterocycles. The molecule has 11 heteroatoms. The number of benzene rings is 2. The number of rotatable bonds is 11. The first-order valence-electron chi connectivity index (χ1n) is 11.4. The van der Waals surface area contributed by atoms with Crippen molar-refractivity contribution in [3.05, 3.63) is 53.8 Å². The zero-order valence-corrected chi connectivity index (χ0v) is 20.8. The fourth-order valence-electron chi connectivity index (χ4n) is 3.76. The number of hydrogen-bond donors (Lipinski definition) is 1. The molecule has 1 atom stereocenters. The number of halogens is 1. The molecule has 2 amide bonds. The molecule has 0 fully saturated rings. The molecule has 0 spiro atoms. The third kappa shape index (κ3) is 6.21. The molecule has 0 aliphatic carbocycles. The SMILES string of the molecule is CCNC(=O)[C@H](CC)N(Cc1ccc(F)cc1)C(=O)CN(c1ccc2c(c1)OCO2)S(=O)(=O)CC. The smallest absolute Gasteiger partial charge is 0.244 e. The van der Waals surface area contributed by atoms with Gasteiger partial charge >= 0.3 is 0 Å². The summed E-state index contributed by atoms with van der Waals surface area (Å²) >= 11 is 0. The number of nitrogens with one attached hydrogen (secondary N) is 1. The number of carbonyl (C=O) groups excluding carboxylic acids is 2. The summed E-state index contributed by atoms with van der Waals surface area (Å²) in [4.78, 5) is 27.7. The lowest BCUT2D eigenvalue weighted by molar-refractivity contribution is -0.140. The summed E-state index contributed by atoms with van der Waals surface area (Å²) in [6.07, 6.45) is 0.309. The van der Waals surface area contributed by atoms with E-state index in [0.29, 0.717) is 30.0 Å². The van der Waals surface area contributed by atoms with Crippen LogP contribution in [0.3, 0.4) is 0 Å². The van der Waals surface area contributed by atoms with Gasteiger partial charge < -0.3 is 19.7 Å². The Labute approximate surface area is 204 Å². The van der Waals surface area contributed by atoms with Gasteiger partial charge in [0.25, 0.3) is 0 Å². The van der Waals surface area contributed by atoms with E-state index in [-0.39, 0.29) is 30.7 Å². The minimum atomic E-state index is -3.86. The molecule has 0 aromatic heterocycles. The summed E-state index contributed by atoms with van der Waals surface area (Å²) in [5, 5.41) is 2.73. The van der Waals surface area contributed by atoms with E-state index < -0.39 is 34.3 Å². The van der Waals surface area contributed by atoms with E-state index in [4.69, 9.17) is 9.47 Å². The minimum Gasteiger partial charge on any atom is -0.454 e. The average Bonchev–Trinajstić information content (AvgIpc) is 3.31. The summed E-state index contributed by atoms with van der Waals surface area (Å²) in [5.74, 6) is -0.719. The van der Waals surface area contributed by atoms with Crippen molar-refractivity contribution >= 4 is 27.5 Å². The molecule has 1 aliphatic rings. The summed E-state index contributed by atoms with van der Waals surface area (Å²) in [5.41, 5.74) is 0.854. The molecule has 0 unspecified atom stereocenters. The Morgan fingerprint density at radius 2 is 1.74 bits per heavy atom. The number of anilines is 1. The predicted molar refractivity (Wildman–Crippen MR) is 129 cm³/mol. The zero-order chi connectivity index (χ0) is 25.6. The van der Waals surface area contributed by atoms with Crippen molar-refractivity contribution in [2.75, 3.05) is 29.9 Å². The van der Waals surface area contributed by atoms with Crippen LogP contribution in [-0.2, 0) is 26.2 Å². The molecule has 2 aromatic carbocycles. The fourth-order valence-corrected chi connectivity index (χ4v) is 4.81. The van der Waals surface area contributed by atoms with Gasteiger partial charge in [0.05, 0.1) is 11.4 Å². The minimum absolute atomic E-state index is 0.00983. The van der Waals surface area contributed by atoms with Gasteiger partial charge in [-0.2, -0.15) is 0 Å². The lowest BCUT2D eigenvalue weighted by Gasteiger charge is -2.33. The van der Waals surface area contributed by atoms with Gasteiger partial charge in [0.2, 0.25) is 28.6 Å². The van der Waals surface area contributed by atoms with Crippen molar-refractivity contribution in [1.29, 1.82) is 0 Å². The van der Waals surface area contributed by atoms with Crippen LogP contribution in [0.1, 0.15) is 32.8 Å². The van der Waals surface area contributed by atoms with E-state index >= 15 is 0 Å². The summed E-state index contributed by atoms with van der Waals surface area (Å²) < 4.78 is 51.1. The Morgan fingerprint density at radius 1 is 1.06 bits per heavy atom. The topological polar surface area (TPSA) is 105 Å². The maximum absolute atomic E-state index is 13.6. The lowest BCUT2D eigenvalue weighted by Crippen LogP contribution is -2.52. The highest BCUT2D eigenvalue weighted by Crippen LogP contribution is 2.36. The van der Waals surface area contributed by atoms with Crippen molar-refractivity contribution in [2.45, 2.75) is 39.8 Å². The van der Waals surface area contributed by atoms with Crippen LogP contribution in [0.2, 0.25) is 0 Å². The normalized spacial score (nSPS) is 13.3. The molecule has 3 rings (SSSR count). The van der Waals surface area contributed by atoms with Crippen molar-refractivity contribution < 1.29 is 31.9 Å². The Hall–Kier alpha value is -3.34. The summed E-state index contributed by atoms with van der Waals surface area (Å²) in [6.45, 7) is 4.91. The number of likely N-dealkylation sites (N-methyl/N-ethyl adjacent to an activating group) is 1. The van der Waals surface area contributed by atoms with Gasteiger partial charge in [-0.25, -0.2) is 12.8 Å². The Bertz CT molecular complexity index is 1160. The Morgan fingerprint density at radius 3 is 2.37 bits per heavy atom. The van der Waals surface area contributed by atoms with Crippen molar-refractivity contribution in [3.8, 4) is 11.5 Å². The van der Waals surface area contributed by atoms with Crippen LogP contribution in [0.5, 0.6) is 11.5 Å². The molecule has 9 nitrogen and oxygen atoms in total. The van der Waals surface area contributed by atoms with Crippen LogP contribution >= 0.6 is 0 Å². The van der Waals surface area contributed by atoms with E-state index in [1.807, 2.05) is 0 Å². The van der Waals surface area contributed by atoms with Gasteiger partial charge in [-0.05, 0) is 50.1 Å². The van der Waals surface area contributed by atoms with E-state index in [0.717, 1.165) is 4.31 Å². The first kappa shape index (κ1) is 26.3. The number of fused-ring (bicyclic) bond motifs is 1. The van der Waals surface area contributed by atoms with Crippen LogP contribution < -0.4 is 19.1 Å². The van der Waals surface area contributed by atoms with Crippen molar-refractivity contribution in [1.82, 2.24) is 10.2 Å². The molecule has 0 bridgehead atoms. The molecule has 1 N–H and O–H groups in total. The van der Waals surface area contributed by atoms with E-state index in [2.05, 4.69) is 5.32 Å². The largest absolute Gasteiger partial charge is 0.454 e. The first-order valence-corrected chi connectivity index (χ1v) is 13.0. The monoisotopic (exact) mass is 507 g/mol. The third-order valence-electron chi connectivity index (χ3n) is 5.63. The van der Waals surface area contributed by atoms with Gasteiger partial charge in [-0.15, -0.1) is 0 Å². The molecule has 0 radical (unpaired) electrons. The molecule has 35 heavy (non-hydrogen) atoms. The van der Waals surface area contributed by atoms with Gasteiger partial charge in [0.1, 0.15) is 18.4 Å². The highest BCUT2D eigenvalue weighted by atomic mass is 32.2. The molecular weight excluding hydrogens is 477 g/mol. The zero-order valence-electron chi connectivity index (χ0n) is 20.0. The molecule has 0 saturated carbocycles. The van der Waals surface area contributed by atoms with Crippen molar-refractivity contribution in [2.24, 2.45) is 0 Å². The Balaban J connectivity index is 1.96. The standard InChI is InChI=1S/C24H30FN3O6S/c1-4-20(24(30)26-5-2)27(14-17-7-9-18(25)10-8-17)23(29)15-28(35(31,32)6-3)19-11-12-21-22(13-19)34-16-33-21/h7-13,20H,4-6,14-16H2,1-3H3,(H,26,30)/t20-/m0/s1. The third-order valence-corrected chi connectivity index (χ3v) is 7.37. The molecule has 1 aliphatic heterocycles. The first-order chi connectivity index (χ1) is 16.7. The fraction of sp³-hybridized carbons (Fsp3) is 0.417. The number of hydrogen-bond acceptors (Lipinski definition) is 6. The van der Waals surface area contributed by atoms with Crippen molar-refractivity contribution in [3.63, 3.8) is 0 Å². The number of nitrogens with zero attached hydrogens (tertiary/aromatic N) is 2. The van der Waals surface area contributed by atoms with Gasteiger partial charge in [-0.1, -0.05) is 19.1 Å². The second-order valence-electron chi connectivity index (χ2n) is 7.91. The molecule has 2 aromatic rings. The van der Waals surface area contributed by atoms with E-state index in [1.54, 1.807) is 26.0 Å². The number of carbonyl (C=O) groups is 2. The van der Waals surface area contributed by atoms with Crippen LogP contribution in [0.15, 0.2) is 42.5 Å². The summed E-state index contributed by atoms with van der Waals surface area (Å²) in [6, 6.07) is 9.39. The van der Waals surface area contributed by atoms with E-state index in [9.17, 15) is 22.4 Å². The summed E-state index contributed by atoms with van der Waals surface area (Å²) in [7, 11) is -3.86. The van der Waals surface area contributed by atoms with Gasteiger partial charge in [0.15, 0.2) is 11.5 Å². The maximum atomic E-state index is 13.6. The Kier molecular flexibility index (Phi) is 8.55. The average molecular weight is 508 g/mol. The van der Waals surface area contributed by atoms with E-state index in [1.165, 1.54) is 42.2 Å². The lowest BCUT2D eigenvalue weighted by atomic mass is 10.1. The van der Waals surface area contributed by atoms with Crippen LogP contribution in [0, 0.1) is 5.82 Å². The molecular formula is C24H30FN3O6S. The highest BCUT2D eigenvalue weighted by molar-refractivity contribution is 7.92. The van der Waals surface area contributed by atoms with Gasteiger partial charge in [0, 0.05) is 19.2 Å². The maximum Gasteiger partial charge on any atom is 0.244 e. The second-order valence-corrected chi connectivity index (χ2v) is 10.1. The molecule has 1 heterocycles. The quantitative estimate of drug-likeness (QED) is 0.501.